The molecule has 1 aliphatic carbocycles. The van der Waals surface area contributed by atoms with E-state index in [-0.39, 0.29) is 17.4 Å². The van der Waals surface area contributed by atoms with E-state index in [1.54, 1.807) is 0 Å². The summed E-state index contributed by atoms with van der Waals surface area (Å²) < 4.78 is 0. The van der Waals surface area contributed by atoms with Crippen molar-refractivity contribution in [1.82, 2.24) is 5.32 Å². The Bertz CT molecular complexity index is 356. The van der Waals surface area contributed by atoms with Gasteiger partial charge in [-0.25, -0.2) is 0 Å². The van der Waals surface area contributed by atoms with Gasteiger partial charge in [0.05, 0.1) is 11.0 Å². The predicted octanol–water partition coefficient (Wildman–Crippen LogP) is 3.80. The van der Waals surface area contributed by atoms with Gasteiger partial charge in [-0.05, 0) is 36.5 Å². The molecule has 0 spiro atoms. The van der Waals surface area contributed by atoms with Crippen LogP contribution in [-0.4, -0.2) is 16.9 Å². The smallest absolute Gasteiger partial charge is 0.220 e. The van der Waals surface area contributed by atoms with E-state index in [0.717, 1.165) is 19.3 Å². The lowest BCUT2D eigenvalue weighted by Crippen LogP contribution is -2.49. The highest BCUT2D eigenvalue weighted by Gasteiger charge is 2.28. The Hall–Kier alpha value is -0.640. The summed E-state index contributed by atoms with van der Waals surface area (Å²) in [7, 11) is 0. The van der Waals surface area contributed by atoms with Gasteiger partial charge >= 0.3 is 0 Å². The maximum absolute atomic E-state index is 12.3. The first kappa shape index (κ1) is 18.4. The molecule has 2 atom stereocenters. The Morgan fingerprint density at radius 1 is 1.29 bits per heavy atom. The van der Waals surface area contributed by atoms with E-state index in [4.69, 9.17) is 18.0 Å². The molecule has 0 aliphatic heterocycles. The number of rotatable bonds is 6. The molecular weight excluding hydrogens is 280 g/mol. The number of nitrogens with two attached hydrogens (primary N) is 1. The van der Waals surface area contributed by atoms with Gasteiger partial charge < -0.3 is 11.1 Å². The van der Waals surface area contributed by atoms with Gasteiger partial charge in [0.2, 0.25) is 5.91 Å². The second-order valence-electron chi connectivity index (χ2n) is 7.92. The van der Waals surface area contributed by atoms with Crippen molar-refractivity contribution in [2.24, 2.45) is 23.0 Å². The van der Waals surface area contributed by atoms with Crippen LogP contribution < -0.4 is 11.1 Å². The topological polar surface area (TPSA) is 55.1 Å². The highest BCUT2D eigenvalue weighted by molar-refractivity contribution is 7.80. The second-order valence-corrected chi connectivity index (χ2v) is 8.39. The molecule has 0 aromatic rings. The van der Waals surface area contributed by atoms with Crippen LogP contribution >= 0.6 is 12.2 Å². The van der Waals surface area contributed by atoms with E-state index in [9.17, 15) is 4.79 Å². The molecule has 3 nitrogen and oxygen atoms in total. The molecule has 0 saturated heterocycles. The second kappa shape index (κ2) is 8.11. The molecule has 0 bridgehead atoms. The summed E-state index contributed by atoms with van der Waals surface area (Å²) >= 11 is 5.18. The SMILES string of the molecule is CC(CC(=O)NC(C(N)=S)C1CCCCC1)CC(C)(C)C. The van der Waals surface area contributed by atoms with Crippen molar-refractivity contribution in [3.63, 3.8) is 0 Å². The molecule has 3 N–H and O–H groups in total. The molecule has 1 rings (SSSR count). The fourth-order valence-electron chi connectivity index (χ4n) is 3.56. The Kier molecular flexibility index (Phi) is 7.11. The molecule has 1 fully saturated rings. The molecule has 2 unspecified atom stereocenters. The third-order valence-electron chi connectivity index (χ3n) is 4.24. The molecule has 0 radical (unpaired) electrons. The van der Waals surface area contributed by atoms with Crippen molar-refractivity contribution >= 4 is 23.1 Å². The number of thiocarbonyl (C=S) groups is 1. The highest BCUT2D eigenvalue weighted by atomic mass is 32.1. The van der Waals surface area contributed by atoms with E-state index < -0.39 is 0 Å². The lowest BCUT2D eigenvalue weighted by atomic mass is 9.83. The number of carbonyl (C=O) groups is 1. The summed E-state index contributed by atoms with van der Waals surface area (Å²) in [4.78, 5) is 12.7. The normalized spacial score (nSPS) is 19.8. The summed E-state index contributed by atoms with van der Waals surface area (Å²) in [6, 6.07) is -0.116. The number of hydrogen-bond donors (Lipinski definition) is 2. The van der Waals surface area contributed by atoms with Crippen molar-refractivity contribution < 1.29 is 4.79 Å². The van der Waals surface area contributed by atoms with Gasteiger partial charge in [-0.15, -0.1) is 0 Å². The minimum Gasteiger partial charge on any atom is -0.392 e. The average Bonchev–Trinajstić information content (AvgIpc) is 2.34. The Labute approximate surface area is 135 Å². The highest BCUT2D eigenvalue weighted by Crippen LogP contribution is 2.28. The fourth-order valence-corrected chi connectivity index (χ4v) is 3.81. The summed E-state index contributed by atoms with van der Waals surface area (Å²) in [5.41, 5.74) is 6.12. The molecule has 0 heterocycles. The Balaban J connectivity index is 2.50. The molecule has 1 amide bonds. The van der Waals surface area contributed by atoms with Gasteiger partial charge in [-0.2, -0.15) is 0 Å². The Morgan fingerprint density at radius 2 is 1.86 bits per heavy atom. The van der Waals surface area contributed by atoms with Gasteiger partial charge in [-0.1, -0.05) is 59.2 Å². The average molecular weight is 313 g/mol. The molecule has 0 aromatic heterocycles. The number of hydrogen-bond acceptors (Lipinski definition) is 2. The molecule has 122 valence electrons. The monoisotopic (exact) mass is 312 g/mol. The molecule has 4 heteroatoms. The predicted molar refractivity (Wildman–Crippen MR) is 93.1 cm³/mol. The fraction of sp³-hybridized carbons (Fsp3) is 0.882. The molecule has 21 heavy (non-hydrogen) atoms. The van der Waals surface area contributed by atoms with Crippen LogP contribution in [0.25, 0.3) is 0 Å². The zero-order valence-corrected chi connectivity index (χ0v) is 14.9. The van der Waals surface area contributed by atoms with E-state index in [1.165, 1.54) is 19.3 Å². The quantitative estimate of drug-likeness (QED) is 0.733. The van der Waals surface area contributed by atoms with Gasteiger partial charge in [0.15, 0.2) is 0 Å². The largest absolute Gasteiger partial charge is 0.392 e. The van der Waals surface area contributed by atoms with Crippen LogP contribution in [0.2, 0.25) is 0 Å². The summed E-state index contributed by atoms with van der Waals surface area (Å²) in [5, 5.41) is 3.10. The van der Waals surface area contributed by atoms with Crippen molar-refractivity contribution in [2.45, 2.75) is 78.7 Å². The zero-order valence-electron chi connectivity index (χ0n) is 14.1. The molecule has 0 aromatic carbocycles. The maximum Gasteiger partial charge on any atom is 0.220 e. The van der Waals surface area contributed by atoms with Gasteiger partial charge in [0.1, 0.15) is 0 Å². The van der Waals surface area contributed by atoms with Crippen LogP contribution in [-0.2, 0) is 4.79 Å². The van der Waals surface area contributed by atoms with Crippen LogP contribution in [0.5, 0.6) is 0 Å². The van der Waals surface area contributed by atoms with E-state index >= 15 is 0 Å². The number of amides is 1. The summed E-state index contributed by atoms with van der Waals surface area (Å²) in [6.45, 7) is 8.77. The lowest BCUT2D eigenvalue weighted by molar-refractivity contribution is -0.122. The molecule has 1 aliphatic rings. The van der Waals surface area contributed by atoms with Crippen LogP contribution in [0.4, 0.5) is 0 Å². The van der Waals surface area contributed by atoms with E-state index in [0.29, 0.717) is 23.2 Å². The maximum atomic E-state index is 12.3. The first-order valence-electron chi connectivity index (χ1n) is 8.28. The first-order valence-corrected chi connectivity index (χ1v) is 8.68. The van der Waals surface area contributed by atoms with Gasteiger partial charge in [-0.3, -0.25) is 4.79 Å². The standard InChI is InChI=1S/C17H32N2OS/c1-12(11-17(2,3)4)10-14(20)19-15(16(18)21)13-8-6-5-7-9-13/h12-13,15H,5-11H2,1-4H3,(H2,18,21)(H,19,20). The Morgan fingerprint density at radius 3 is 2.33 bits per heavy atom. The van der Waals surface area contributed by atoms with Crippen molar-refractivity contribution in [3.05, 3.63) is 0 Å². The van der Waals surface area contributed by atoms with Crippen LogP contribution in [0.15, 0.2) is 0 Å². The third kappa shape index (κ3) is 7.25. The van der Waals surface area contributed by atoms with E-state index in [1.807, 2.05) is 0 Å². The lowest BCUT2D eigenvalue weighted by Gasteiger charge is -2.31. The molecular formula is C17H32N2OS. The number of carbonyl (C=O) groups excluding carboxylic acids is 1. The molecule has 1 saturated carbocycles. The first-order chi connectivity index (χ1) is 9.69. The third-order valence-corrected chi connectivity index (χ3v) is 4.49. The summed E-state index contributed by atoms with van der Waals surface area (Å²) in [6.07, 6.45) is 7.58. The van der Waals surface area contributed by atoms with Crippen molar-refractivity contribution in [3.8, 4) is 0 Å². The van der Waals surface area contributed by atoms with Crippen molar-refractivity contribution in [1.29, 1.82) is 0 Å². The summed E-state index contributed by atoms with van der Waals surface area (Å²) in [5.74, 6) is 0.900. The number of nitrogens with one attached hydrogen (secondary N) is 1. The van der Waals surface area contributed by atoms with Crippen molar-refractivity contribution in [2.75, 3.05) is 0 Å². The van der Waals surface area contributed by atoms with Gasteiger partial charge in [0, 0.05) is 6.42 Å². The van der Waals surface area contributed by atoms with Crippen LogP contribution in [0.1, 0.15) is 72.6 Å². The van der Waals surface area contributed by atoms with Gasteiger partial charge in [0.25, 0.3) is 0 Å². The van der Waals surface area contributed by atoms with Crippen LogP contribution in [0.3, 0.4) is 0 Å². The zero-order chi connectivity index (χ0) is 16.0. The minimum atomic E-state index is -0.116. The van der Waals surface area contributed by atoms with Crippen LogP contribution in [0, 0.1) is 17.3 Å². The van der Waals surface area contributed by atoms with E-state index in [2.05, 4.69) is 33.0 Å². The minimum absolute atomic E-state index is 0.0927.